The molecule has 1 aromatic heterocycles. The largest absolute Gasteiger partial charge is 0.309 e. The van der Waals surface area contributed by atoms with E-state index in [1.807, 2.05) is 17.6 Å². The van der Waals surface area contributed by atoms with Gasteiger partial charge in [-0.15, -0.1) is 0 Å². The molecule has 0 spiro atoms. The number of nitrogens with zero attached hydrogens (tertiary/aromatic N) is 1. The minimum atomic E-state index is -0.139. The summed E-state index contributed by atoms with van der Waals surface area (Å²) in [6, 6.07) is 3.82. The van der Waals surface area contributed by atoms with Crippen molar-refractivity contribution in [3.63, 3.8) is 0 Å². The van der Waals surface area contributed by atoms with E-state index in [9.17, 15) is 9.59 Å². The molecule has 3 nitrogen and oxygen atoms in total. The Balaban J connectivity index is 2.47. The molecule has 0 atom stereocenters. The first kappa shape index (κ1) is 12.1. The number of hydrogen-bond acceptors (Lipinski definition) is 2. The average molecular weight is 233 g/mol. The molecule has 3 heteroatoms. The molecule has 1 fully saturated rings. The Morgan fingerprint density at radius 1 is 1.24 bits per heavy atom. The maximum Gasteiger partial charge on any atom is 0.261 e. The van der Waals surface area contributed by atoms with Gasteiger partial charge in [0.15, 0.2) is 5.78 Å². The fourth-order valence-electron chi connectivity index (χ4n) is 2.71. The highest BCUT2D eigenvalue weighted by Crippen LogP contribution is 2.27. The molecule has 0 amide bonds. The summed E-state index contributed by atoms with van der Waals surface area (Å²) >= 11 is 0. The quantitative estimate of drug-likeness (QED) is 0.737. The second-order valence-electron chi connectivity index (χ2n) is 4.91. The van der Waals surface area contributed by atoms with E-state index in [0.717, 1.165) is 18.5 Å². The Kier molecular flexibility index (Phi) is 3.46. The summed E-state index contributed by atoms with van der Waals surface area (Å²) in [5, 5.41) is 0. The van der Waals surface area contributed by atoms with Gasteiger partial charge in [0.2, 0.25) is 0 Å². The standard InChI is InChI=1S/C14H19NO2/c1-10-8-9-13(11(2)16)14(17)15(10)12-6-4-3-5-7-12/h8-9,12H,3-7H2,1-2H3. The molecule has 1 aromatic rings. The van der Waals surface area contributed by atoms with E-state index in [1.54, 1.807) is 6.07 Å². The van der Waals surface area contributed by atoms with Gasteiger partial charge < -0.3 is 4.57 Å². The molecule has 0 bridgehead atoms. The normalized spacial score (nSPS) is 17.1. The van der Waals surface area contributed by atoms with Crippen LogP contribution >= 0.6 is 0 Å². The fourth-order valence-corrected chi connectivity index (χ4v) is 2.71. The monoisotopic (exact) mass is 233 g/mol. The third-order valence-electron chi connectivity index (χ3n) is 3.64. The summed E-state index contributed by atoms with van der Waals surface area (Å²) in [5.41, 5.74) is 1.18. The van der Waals surface area contributed by atoms with E-state index in [0.29, 0.717) is 5.56 Å². The van der Waals surface area contributed by atoms with Crippen molar-refractivity contribution in [1.29, 1.82) is 0 Å². The molecule has 0 N–H and O–H groups in total. The van der Waals surface area contributed by atoms with Gasteiger partial charge >= 0.3 is 0 Å². The predicted octanol–water partition coefficient (Wildman–Crippen LogP) is 2.86. The molecule has 1 saturated carbocycles. The predicted molar refractivity (Wildman–Crippen MR) is 67.6 cm³/mol. The third kappa shape index (κ3) is 2.33. The zero-order valence-corrected chi connectivity index (χ0v) is 10.5. The number of aromatic nitrogens is 1. The molecular formula is C14H19NO2. The Bertz CT molecular complexity index is 481. The smallest absolute Gasteiger partial charge is 0.261 e. The lowest BCUT2D eigenvalue weighted by Crippen LogP contribution is -2.31. The number of pyridine rings is 1. The first-order chi connectivity index (χ1) is 8.11. The van der Waals surface area contributed by atoms with Crippen LogP contribution in [0, 0.1) is 6.92 Å². The van der Waals surface area contributed by atoms with Crippen LogP contribution < -0.4 is 5.56 Å². The van der Waals surface area contributed by atoms with Crippen LogP contribution in [-0.4, -0.2) is 10.4 Å². The topological polar surface area (TPSA) is 39.1 Å². The number of carbonyl (C=O) groups is 1. The van der Waals surface area contributed by atoms with E-state index < -0.39 is 0 Å². The van der Waals surface area contributed by atoms with Crippen LogP contribution in [0.5, 0.6) is 0 Å². The number of carbonyl (C=O) groups excluding carboxylic acids is 1. The summed E-state index contributed by atoms with van der Waals surface area (Å²) in [4.78, 5) is 23.7. The molecule has 0 aromatic carbocycles. The van der Waals surface area contributed by atoms with Crippen molar-refractivity contribution in [2.75, 3.05) is 0 Å². The molecule has 0 radical (unpaired) electrons. The van der Waals surface area contributed by atoms with Gasteiger partial charge in [-0.25, -0.2) is 0 Å². The van der Waals surface area contributed by atoms with Crippen LogP contribution in [0.1, 0.15) is 61.1 Å². The molecular weight excluding hydrogens is 214 g/mol. The first-order valence-corrected chi connectivity index (χ1v) is 6.34. The molecule has 17 heavy (non-hydrogen) atoms. The zero-order chi connectivity index (χ0) is 12.4. The van der Waals surface area contributed by atoms with Crippen molar-refractivity contribution >= 4 is 5.78 Å². The van der Waals surface area contributed by atoms with E-state index in [-0.39, 0.29) is 17.4 Å². The highest BCUT2D eigenvalue weighted by atomic mass is 16.1. The summed E-state index contributed by atoms with van der Waals surface area (Å²) in [6.45, 7) is 3.40. The molecule has 92 valence electrons. The molecule has 0 saturated heterocycles. The molecule has 1 aliphatic carbocycles. The average Bonchev–Trinajstić information content (AvgIpc) is 2.30. The first-order valence-electron chi connectivity index (χ1n) is 6.34. The van der Waals surface area contributed by atoms with Crippen molar-refractivity contribution in [2.24, 2.45) is 0 Å². The van der Waals surface area contributed by atoms with Gasteiger partial charge in [-0.3, -0.25) is 9.59 Å². The number of aryl methyl sites for hydroxylation is 1. The summed E-state index contributed by atoms with van der Waals surface area (Å²) in [6.07, 6.45) is 5.74. The Morgan fingerprint density at radius 3 is 2.47 bits per heavy atom. The van der Waals surface area contributed by atoms with Crippen molar-refractivity contribution in [1.82, 2.24) is 4.57 Å². The van der Waals surface area contributed by atoms with Gasteiger partial charge in [0.25, 0.3) is 5.56 Å². The Morgan fingerprint density at radius 2 is 1.88 bits per heavy atom. The van der Waals surface area contributed by atoms with E-state index in [2.05, 4.69) is 0 Å². The zero-order valence-electron chi connectivity index (χ0n) is 10.5. The Labute approximate surface area is 101 Å². The highest BCUT2D eigenvalue weighted by molar-refractivity contribution is 5.93. The van der Waals surface area contributed by atoms with E-state index in [4.69, 9.17) is 0 Å². The second-order valence-corrected chi connectivity index (χ2v) is 4.91. The number of hydrogen-bond donors (Lipinski definition) is 0. The lowest BCUT2D eigenvalue weighted by molar-refractivity contribution is 0.101. The lowest BCUT2D eigenvalue weighted by Gasteiger charge is -2.26. The fraction of sp³-hybridized carbons (Fsp3) is 0.571. The summed E-state index contributed by atoms with van der Waals surface area (Å²) in [5.74, 6) is -0.139. The molecule has 1 heterocycles. The van der Waals surface area contributed by atoms with Crippen LogP contribution in [-0.2, 0) is 0 Å². The third-order valence-corrected chi connectivity index (χ3v) is 3.64. The number of rotatable bonds is 2. The summed E-state index contributed by atoms with van der Waals surface area (Å²) in [7, 11) is 0. The molecule has 0 aliphatic heterocycles. The van der Waals surface area contributed by atoms with Gasteiger partial charge in [0, 0.05) is 11.7 Å². The van der Waals surface area contributed by atoms with Gasteiger partial charge in [0.1, 0.15) is 0 Å². The van der Waals surface area contributed by atoms with Crippen LogP contribution in [0.15, 0.2) is 16.9 Å². The number of ketones is 1. The molecule has 2 rings (SSSR count). The second kappa shape index (κ2) is 4.86. The summed E-state index contributed by atoms with van der Waals surface area (Å²) < 4.78 is 1.83. The lowest BCUT2D eigenvalue weighted by atomic mass is 9.94. The van der Waals surface area contributed by atoms with Gasteiger partial charge in [-0.05, 0) is 38.8 Å². The molecule has 0 unspecified atom stereocenters. The van der Waals surface area contributed by atoms with Crippen molar-refractivity contribution in [3.05, 3.63) is 33.7 Å². The SMILES string of the molecule is CC(=O)c1ccc(C)n(C2CCCCC2)c1=O. The molecule has 1 aliphatic rings. The van der Waals surface area contributed by atoms with E-state index in [1.165, 1.54) is 26.2 Å². The maximum absolute atomic E-state index is 12.3. The Hall–Kier alpha value is -1.38. The van der Waals surface area contributed by atoms with Crippen LogP contribution in [0.25, 0.3) is 0 Å². The van der Waals surface area contributed by atoms with Gasteiger partial charge in [-0.2, -0.15) is 0 Å². The number of Topliss-reactive ketones (excluding diaryl/α,β-unsaturated/α-hetero) is 1. The van der Waals surface area contributed by atoms with Crippen molar-refractivity contribution < 1.29 is 4.79 Å². The van der Waals surface area contributed by atoms with Crippen LogP contribution in [0.4, 0.5) is 0 Å². The highest BCUT2D eigenvalue weighted by Gasteiger charge is 2.19. The van der Waals surface area contributed by atoms with E-state index >= 15 is 0 Å². The van der Waals surface area contributed by atoms with Gasteiger partial charge in [-0.1, -0.05) is 19.3 Å². The van der Waals surface area contributed by atoms with Crippen LogP contribution in [0.3, 0.4) is 0 Å². The van der Waals surface area contributed by atoms with Crippen molar-refractivity contribution in [2.45, 2.75) is 52.0 Å². The maximum atomic E-state index is 12.3. The van der Waals surface area contributed by atoms with Gasteiger partial charge in [0.05, 0.1) is 5.56 Å². The van der Waals surface area contributed by atoms with Crippen molar-refractivity contribution in [3.8, 4) is 0 Å². The minimum Gasteiger partial charge on any atom is -0.309 e. The minimum absolute atomic E-state index is 0.107. The van der Waals surface area contributed by atoms with Crippen LogP contribution in [0.2, 0.25) is 0 Å².